The smallest absolute Gasteiger partial charge is 0.0406 e. The summed E-state index contributed by atoms with van der Waals surface area (Å²) in [6.07, 6.45) is 10.5. The molecule has 0 aliphatic heterocycles. The van der Waals surface area contributed by atoms with Crippen molar-refractivity contribution in [3.63, 3.8) is 0 Å². The van der Waals surface area contributed by atoms with Gasteiger partial charge in [-0.2, -0.15) is 0 Å². The Labute approximate surface area is 133 Å². The molecule has 0 saturated heterocycles. The highest BCUT2D eigenvalue weighted by Crippen LogP contribution is 2.36. The van der Waals surface area contributed by atoms with Gasteiger partial charge in [0.25, 0.3) is 0 Å². The molecule has 0 amide bonds. The molecular formula is C18H26Cl2. The molecule has 20 heavy (non-hydrogen) atoms. The summed E-state index contributed by atoms with van der Waals surface area (Å²) in [7, 11) is 0. The van der Waals surface area contributed by atoms with Crippen molar-refractivity contribution in [3.8, 4) is 0 Å². The van der Waals surface area contributed by atoms with Gasteiger partial charge >= 0.3 is 0 Å². The zero-order valence-corrected chi connectivity index (χ0v) is 14.0. The average molecular weight is 313 g/mol. The van der Waals surface area contributed by atoms with Crippen molar-refractivity contribution in [2.75, 3.05) is 0 Å². The Morgan fingerprint density at radius 1 is 1.10 bits per heavy atom. The first-order valence-corrected chi connectivity index (χ1v) is 8.89. The van der Waals surface area contributed by atoms with Crippen molar-refractivity contribution < 1.29 is 0 Å². The first kappa shape index (κ1) is 16.2. The predicted molar refractivity (Wildman–Crippen MR) is 89.8 cm³/mol. The molecule has 0 aromatic heterocycles. The van der Waals surface area contributed by atoms with Crippen LogP contribution >= 0.6 is 23.2 Å². The topological polar surface area (TPSA) is 0 Å². The van der Waals surface area contributed by atoms with E-state index in [2.05, 4.69) is 19.1 Å². The molecule has 1 saturated carbocycles. The number of unbranched alkanes of at least 4 members (excludes halogenated alkanes) is 1. The molecule has 0 radical (unpaired) electrons. The zero-order valence-electron chi connectivity index (χ0n) is 12.5. The van der Waals surface area contributed by atoms with Gasteiger partial charge in [0.1, 0.15) is 0 Å². The molecule has 1 unspecified atom stereocenters. The zero-order chi connectivity index (χ0) is 14.4. The molecule has 1 aliphatic carbocycles. The fraction of sp³-hybridized carbons (Fsp3) is 0.667. The van der Waals surface area contributed by atoms with E-state index in [9.17, 15) is 0 Å². The molecule has 0 spiro atoms. The molecule has 0 nitrogen and oxygen atoms in total. The molecule has 0 heterocycles. The number of halogens is 2. The van der Waals surface area contributed by atoms with E-state index in [1.54, 1.807) is 0 Å². The van der Waals surface area contributed by atoms with Crippen LogP contribution in [0.5, 0.6) is 0 Å². The van der Waals surface area contributed by atoms with Gasteiger partial charge in [0.15, 0.2) is 0 Å². The van der Waals surface area contributed by atoms with E-state index in [1.165, 1.54) is 50.5 Å². The molecule has 1 aliphatic rings. The average Bonchev–Trinajstić information content (AvgIpc) is 2.48. The Balaban J connectivity index is 1.76. The minimum atomic E-state index is 0.281. The van der Waals surface area contributed by atoms with E-state index in [-0.39, 0.29) is 5.38 Å². The summed E-state index contributed by atoms with van der Waals surface area (Å²) < 4.78 is 0. The standard InChI is InChI=1S/C18H26Cl2/c1-2-3-4-14-5-9-16(10-6-14)18(20)13-15-7-11-17(19)12-8-15/h7-8,11-12,14,16,18H,2-6,9-10,13H2,1H3. The van der Waals surface area contributed by atoms with Crippen molar-refractivity contribution in [3.05, 3.63) is 34.9 Å². The normalized spacial score (nSPS) is 24.6. The fourth-order valence-corrected chi connectivity index (χ4v) is 3.90. The highest BCUT2D eigenvalue weighted by Gasteiger charge is 2.26. The van der Waals surface area contributed by atoms with Crippen LogP contribution in [0.25, 0.3) is 0 Å². The SMILES string of the molecule is CCCCC1CCC(C(Cl)Cc2ccc(Cl)cc2)CC1. The maximum atomic E-state index is 6.65. The third kappa shape index (κ3) is 4.97. The molecule has 0 bridgehead atoms. The van der Waals surface area contributed by atoms with Crippen LogP contribution < -0.4 is 0 Å². The van der Waals surface area contributed by atoms with Crippen LogP contribution in [0.4, 0.5) is 0 Å². The minimum Gasteiger partial charge on any atom is -0.122 e. The van der Waals surface area contributed by atoms with E-state index in [0.29, 0.717) is 5.92 Å². The summed E-state index contributed by atoms with van der Waals surface area (Å²) in [5.74, 6) is 1.66. The third-order valence-electron chi connectivity index (χ3n) is 4.71. The Hall–Kier alpha value is -0.200. The number of hydrogen-bond donors (Lipinski definition) is 0. The van der Waals surface area contributed by atoms with Gasteiger partial charge in [-0.05, 0) is 48.8 Å². The van der Waals surface area contributed by atoms with Gasteiger partial charge in [0.2, 0.25) is 0 Å². The van der Waals surface area contributed by atoms with E-state index in [4.69, 9.17) is 23.2 Å². The second-order valence-electron chi connectivity index (χ2n) is 6.27. The Bertz CT molecular complexity index is 377. The quantitative estimate of drug-likeness (QED) is 0.527. The predicted octanol–water partition coefficient (Wildman–Crippen LogP) is 6.49. The summed E-state index contributed by atoms with van der Waals surface area (Å²) in [5.41, 5.74) is 1.31. The van der Waals surface area contributed by atoms with Crippen LogP contribution in [0.2, 0.25) is 5.02 Å². The molecule has 1 aromatic carbocycles. The Kier molecular flexibility index (Phi) is 6.71. The number of alkyl halides is 1. The summed E-state index contributed by atoms with van der Waals surface area (Å²) in [6.45, 7) is 2.28. The molecule has 1 fully saturated rings. The molecule has 1 aromatic rings. The third-order valence-corrected chi connectivity index (χ3v) is 5.48. The monoisotopic (exact) mass is 312 g/mol. The van der Waals surface area contributed by atoms with Crippen LogP contribution in [0.15, 0.2) is 24.3 Å². The second-order valence-corrected chi connectivity index (χ2v) is 7.27. The van der Waals surface area contributed by atoms with Crippen molar-refractivity contribution in [1.29, 1.82) is 0 Å². The van der Waals surface area contributed by atoms with E-state index in [1.807, 2.05) is 12.1 Å². The van der Waals surface area contributed by atoms with Gasteiger partial charge in [0, 0.05) is 10.4 Å². The largest absolute Gasteiger partial charge is 0.122 e. The van der Waals surface area contributed by atoms with Gasteiger partial charge in [-0.15, -0.1) is 11.6 Å². The van der Waals surface area contributed by atoms with Gasteiger partial charge in [-0.25, -0.2) is 0 Å². The lowest BCUT2D eigenvalue weighted by Crippen LogP contribution is -2.23. The lowest BCUT2D eigenvalue weighted by Gasteiger charge is -2.31. The maximum Gasteiger partial charge on any atom is 0.0406 e. The van der Waals surface area contributed by atoms with Crippen molar-refractivity contribution in [2.24, 2.45) is 11.8 Å². The Morgan fingerprint density at radius 2 is 1.75 bits per heavy atom. The summed E-state index contributed by atoms with van der Waals surface area (Å²) >= 11 is 12.6. The molecular weight excluding hydrogens is 287 g/mol. The lowest BCUT2D eigenvalue weighted by molar-refractivity contribution is 0.253. The second kappa shape index (κ2) is 8.29. The minimum absolute atomic E-state index is 0.281. The maximum absolute atomic E-state index is 6.65. The van der Waals surface area contributed by atoms with E-state index >= 15 is 0 Å². The summed E-state index contributed by atoms with van der Waals surface area (Å²) in [5, 5.41) is 1.08. The number of hydrogen-bond acceptors (Lipinski definition) is 0. The van der Waals surface area contributed by atoms with Crippen LogP contribution in [0.3, 0.4) is 0 Å². The van der Waals surface area contributed by atoms with E-state index < -0.39 is 0 Å². The van der Waals surface area contributed by atoms with Crippen LogP contribution in [0, 0.1) is 11.8 Å². The number of benzene rings is 1. The van der Waals surface area contributed by atoms with Gasteiger partial charge < -0.3 is 0 Å². The van der Waals surface area contributed by atoms with Crippen molar-refractivity contribution in [1.82, 2.24) is 0 Å². The first-order chi connectivity index (χ1) is 9.69. The lowest BCUT2D eigenvalue weighted by atomic mass is 9.77. The molecule has 2 rings (SSSR count). The fourth-order valence-electron chi connectivity index (χ4n) is 3.34. The van der Waals surface area contributed by atoms with Crippen molar-refractivity contribution in [2.45, 2.75) is 63.7 Å². The highest BCUT2D eigenvalue weighted by molar-refractivity contribution is 6.30. The van der Waals surface area contributed by atoms with Crippen LogP contribution in [0.1, 0.15) is 57.4 Å². The van der Waals surface area contributed by atoms with Crippen LogP contribution in [-0.2, 0) is 6.42 Å². The van der Waals surface area contributed by atoms with Gasteiger partial charge in [-0.3, -0.25) is 0 Å². The van der Waals surface area contributed by atoms with E-state index in [0.717, 1.165) is 17.4 Å². The first-order valence-electron chi connectivity index (χ1n) is 8.07. The molecule has 112 valence electrons. The highest BCUT2D eigenvalue weighted by atomic mass is 35.5. The molecule has 2 heteroatoms. The number of rotatable bonds is 6. The van der Waals surface area contributed by atoms with Gasteiger partial charge in [0.05, 0.1) is 0 Å². The van der Waals surface area contributed by atoms with Crippen molar-refractivity contribution >= 4 is 23.2 Å². The molecule has 1 atom stereocenters. The summed E-state index contributed by atoms with van der Waals surface area (Å²) in [6, 6.07) is 8.12. The molecule has 0 N–H and O–H groups in total. The summed E-state index contributed by atoms with van der Waals surface area (Å²) in [4.78, 5) is 0. The Morgan fingerprint density at radius 3 is 2.35 bits per heavy atom. The van der Waals surface area contributed by atoms with Gasteiger partial charge in [-0.1, -0.05) is 62.8 Å². The van der Waals surface area contributed by atoms with Crippen LogP contribution in [-0.4, -0.2) is 5.38 Å².